The SMILES string of the molecule is CC(C)C[C@H](NC(=O)OCc1ccccc1)C(=O)Oc1ccc2c(=O)c(-c3ccc([N+](=O)[O-])cc3)coc2c1. The summed E-state index contributed by atoms with van der Waals surface area (Å²) in [6.45, 7) is 3.87. The Bertz CT molecular complexity index is 1550. The van der Waals surface area contributed by atoms with Crippen LogP contribution >= 0.6 is 0 Å². The Hall–Kier alpha value is -4.99. The number of carbonyl (C=O) groups is 2. The number of esters is 1. The predicted molar refractivity (Wildman–Crippen MR) is 143 cm³/mol. The van der Waals surface area contributed by atoms with Crippen LogP contribution in [0.3, 0.4) is 0 Å². The maximum Gasteiger partial charge on any atom is 0.408 e. The predicted octanol–water partition coefficient (Wildman–Crippen LogP) is 5.61. The zero-order chi connectivity index (χ0) is 27.9. The number of hydrogen-bond acceptors (Lipinski definition) is 8. The van der Waals surface area contributed by atoms with Gasteiger partial charge in [0.2, 0.25) is 0 Å². The summed E-state index contributed by atoms with van der Waals surface area (Å²) in [5.41, 5.74) is 1.26. The summed E-state index contributed by atoms with van der Waals surface area (Å²) >= 11 is 0. The number of nitrogens with one attached hydrogen (secondary N) is 1. The second-order valence-electron chi connectivity index (χ2n) is 9.25. The van der Waals surface area contributed by atoms with Crippen molar-refractivity contribution in [3.8, 4) is 16.9 Å². The fraction of sp³-hybridized carbons (Fsp3) is 0.207. The molecule has 0 aliphatic rings. The highest BCUT2D eigenvalue weighted by atomic mass is 16.6. The lowest BCUT2D eigenvalue weighted by molar-refractivity contribution is -0.384. The maximum absolute atomic E-state index is 13.0. The number of nitrogens with zero attached hydrogens (tertiary/aromatic N) is 1. The van der Waals surface area contributed by atoms with Crippen LogP contribution in [0.2, 0.25) is 0 Å². The van der Waals surface area contributed by atoms with Crippen molar-refractivity contribution in [3.05, 3.63) is 105 Å². The monoisotopic (exact) mass is 530 g/mol. The van der Waals surface area contributed by atoms with Crippen LogP contribution in [0.25, 0.3) is 22.1 Å². The Morgan fingerprint density at radius 2 is 1.74 bits per heavy atom. The Labute approximate surface area is 223 Å². The molecule has 0 saturated carbocycles. The smallest absolute Gasteiger partial charge is 0.408 e. The van der Waals surface area contributed by atoms with Crippen LogP contribution in [0, 0.1) is 16.0 Å². The van der Waals surface area contributed by atoms with E-state index in [0.29, 0.717) is 12.0 Å². The van der Waals surface area contributed by atoms with Gasteiger partial charge in [-0.1, -0.05) is 44.2 Å². The zero-order valence-corrected chi connectivity index (χ0v) is 21.3. The lowest BCUT2D eigenvalue weighted by Gasteiger charge is -2.19. The summed E-state index contributed by atoms with van der Waals surface area (Å²) in [4.78, 5) is 48.7. The van der Waals surface area contributed by atoms with E-state index in [2.05, 4.69) is 5.32 Å². The lowest BCUT2D eigenvalue weighted by Crippen LogP contribution is -2.44. The highest BCUT2D eigenvalue weighted by Crippen LogP contribution is 2.25. The molecule has 0 spiro atoms. The van der Waals surface area contributed by atoms with E-state index in [9.17, 15) is 24.5 Å². The van der Waals surface area contributed by atoms with Crippen molar-refractivity contribution in [2.45, 2.75) is 32.9 Å². The highest BCUT2D eigenvalue weighted by molar-refractivity contribution is 5.86. The molecular weight excluding hydrogens is 504 g/mol. The number of fused-ring (bicyclic) bond motifs is 1. The molecule has 0 aliphatic carbocycles. The number of alkyl carbamates (subject to hydrolysis) is 1. The molecule has 1 atom stereocenters. The number of amides is 1. The van der Waals surface area contributed by atoms with Crippen molar-refractivity contribution < 1.29 is 28.4 Å². The fourth-order valence-corrected chi connectivity index (χ4v) is 3.91. The quantitative estimate of drug-likeness (QED) is 0.127. The number of benzene rings is 3. The van der Waals surface area contributed by atoms with Gasteiger partial charge in [0, 0.05) is 18.2 Å². The standard InChI is InChI=1S/C29H26N2O8/c1-18(2)14-25(30-29(34)38-16-19-6-4-3-5-7-19)28(33)39-22-12-13-23-26(15-22)37-17-24(27(23)32)20-8-10-21(11-9-20)31(35)36/h3-13,15,17-18,25H,14,16H2,1-2H3,(H,30,34)/t25-/m0/s1. The zero-order valence-electron chi connectivity index (χ0n) is 21.3. The minimum atomic E-state index is -0.958. The van der Waals surface area contributed by atoms with E-state index >= 15 is 0 Å². The molecule has 39 heavy (non-hydrogen) atoms. The van der Waals surface area contributed by atoms with Crippen LogP contribution in [0.15, 0.2) is 88.3 Å². The molecule has 0 aliphatic heterocycles. The molecule has 10 nitrogen and oxygen atoms in total. The van der Waals surface area contributed by atoms with Gasteiger partial charge in [0.05, 0.1) is 15.9 Å². The Morgan fingerprint density at radius 1 is 1.03 bits per heavy atom. The molecule has 200 valence electrons. The van der Waals surface area contributed by atoms with Crippen molar-refractivity contribution in [2.75, 3.05) is 0 Å². The van der Waals surface area contributed by atoms with Gasteiger partial charge >= 0.3 is 12.1 Å². The molecule has 10 heteroatoms. The van der Waals surface area contributed by atoms with E-state index in [1.165, 1.54) is 48.7 Å². The summed E-state index contributed by atoms with van der Waals surface area (Å²) < 4.78 is 16.4. The van der Waals surface area contributed by atoms with Crippen molar-refractivity contribution in [3.63, 3.8) is 0 Å². The number of hydrogen-bond donors (Lipinski definition) is 1. The van der Waals surface area contributed by atoms with Gasteiger partial charge in [-0.2, -0.15) is 0 Å². The number of nitro benzene ring substituents is 1. The van der Waals surface area contributed by atoms with Crippen molar-refractivity contribution in [1.82, 2.24) is 5.32 Å². The van der Waals surface area contributed by atoms with Gasteiger partial charge in [-0.05, 0) is 47.7 Å². The van der Waals surface area contributed by atoms with E-state index < -0.39 is 23.0 Å². The molecule has 1 aromatic heterocycles. The third-order valence-electron chi connectivity index (χ3n) is 5.85. The minimum absolute atomic E-state index is 0.0572. The van der Waals surface area contributed by atoms with Gasteiger partial charge in [0.1, 0.15) is 30.2 Å². The molecule has 0 fully saturated rings. The first-order valence-corrected chi connectivity index (χ1v) is 12.2. The molecule has 0 unspecified atom stereocenters. The third kappa shape index (κ3) is 6.86. The molecule has 1 amide bonds. The summed E-state index contributed by atoms with van der Waals surface area (Å²) in [6.07, 6.45) is 0.828. The average molecular weight is 531 g/mol. The van der Waals surface area contributed by atoms with Crippen LogP contribution in [0.5, 0.6) is 5.75 Å². The minimum Gasteiger partial charge on any atom is -0.463 e. The molecule has 4 rings (SSSR count). The molecule has 0 radical (unpaired) electrons. The van der Waals surface area contributed by atoms with Crippen LogP contribution < -0.4 is 15.5 Å². The van der Waals surface area contributed by atoms with Crippen molar-refractivity contribution >= 4 is 28.7 Å². The van der Waals surface area contributed by atoms with E-state index in [4.69, 9.17) is 13.9 Å². The molecular formula is C29H26N2O8. The number of rotatable bonds is 9. The second-order valence-corrected chi connectivity index (χ2v) is 9.25. The molecule has 3 aromatic carbocycles. The number of non-ortho nitro benzene ring substituents is 1. The van der Waals surface area contributed by atoms with Gasteiger partial charge in [0.25, 0.3) is 5.69 Å². The summed E-state index contributed by atoms with van der Waals surface area (Å²) in [5.74, 6) is -0.485. The Balaban J connectivity index is 1.47. The first-order valence-electron chi connectivity index (χ1n) is 12.2. The summed E-state index contributed by atoms with van der Waals surface area (Å²) in [5, 5.41) is 13.7. The van der Waals surface area contributed by atoms with E-state index in [0.717, 1.165) is 5.56 Å². The van der Waals surface area contributed by atoms with Crippen LogP contribution in [-0.2, 0) is 16.1 Å². The molecule has 0 saturated heterocycles. The highest BCUT2D eigenvalue weighted by Gasteiger charge is 2.25. The number of ether oxygens (including phenoxy) is 2. The lowest BCUT2D eigenvalue weighted by atomic mass is 10.0. The van der Waals surface area contributed by atoms with Gasteiger partial charge < -0.3 is 19.2 Å². The van der Waals surface area contributed by atoms with E-state index in [1.54, 1.807) is 0 Å². The molecule has 1 N–H and O–H groups in total. The Kier molecular flexibility index (Phi) is 8.35. The summed E-state index contributed by atoms with van der Waals surface area (Å²) in [7, 11) is 0. The number of carbonyl (C=O) groups excluding carboxylic acids is 2. The molecule has 1 heterocycles. The van der Waals surface area contributed by atoms with Crippen molar-refractivity contribution in [2.24, 2.45) is 5.92 Å². The van der Waals surface area contributed by atoms with E-state index in [-0.39, 0.29) is 45.9 Å². The van der Waals surface area contributed by atoms with Gasteiger partial charge in [-0.15, -0.1) is 0 Å². The van der Waals surface area contributed by atoms with Crippen LogP contribution in [-0.4, -0.2) is 23.0 Å². The van der Waals surface area contributed by atoms with Gasteiger partial charge in [-0.3, -0.25) is 14.9 Å². The van der Waals surface area contributed by atoms with Crippen LogP contribution in [0.1, 0.15) is 25.8 Å². The third-order valence-corrected chi connectivity index (χ3v) is 5.85. The number of nitro groups is 1. The second kappa shape index (κ2) is 12.0. The largest absolute Gasteiger partial charge is 0.463 e. The molecule has 4 aromatic rings. The van der Waals surface area contributed by atoms with Gasteiger partial charge in [0.15, 0.2) is 5.43 Å². The molecule has 0 bridgehead atoms. The van der Waals surface area contributed by atoms with Crippen molar-refractivity contribution in [1.29, 1.82) is 0 Å². The average Bonchev–Trinajstić information content (AvgIpc) is 2.92. The van der Waals surface area contributed by atoms with Gasteiger partial charge in [-0.25, -0.2) is 9.59 Å². The normalized spacial score (nSPS) is 11.7. The first-order chi connectivity index (χ1) is 18.7. The first kappa shape index (κ1) is 27.1. The van der Waals surface area contributed by atoms with Crippen LogP contribution in [0.4, 0.5) is 10.5 Å². The summed E-state index contributed by atoms with van der Waals surface area (Å²) in [6, 6.07) is 18.1. The fourth-order valence-electron chi connectivity index (χ4n) is 3.91. The Morgan fingerprint density at radius 3 is 2.41 bits per heavy atom. The van der Waals surface area contributed by atoms with E-state index in [1.807, 2.05) is 44.2 Å². The topological polar surface area (TPSA) is 138 Å². The maximum atomic E-state index is 13.0.